The Hall–Kier alpha value is -0.570. The SMILES string of the molecule is CCC(C)NC(=O)CNCCC1CCCCC1. The Bertz CT molecular complexity index is 212. The maximum atomic E-state index is 11.5. The van der Waals surface area contributed by atoms with Gasteiger partial charge in [0.1, 0.15) is 0 Å². The summed E-state index contributed by atoms with van der Waals surface area (Å²) in [6.07, 6.45) is 9.23. The van der Waals surface area contributed by atoms with Gasteiger partial charge in [-0.1, -0.05) is 39.0 Å². The van der Waals surface area contributed by atoms with Crippen LogP contribution in [0.5, 0.6) is 0 Å². The second kappa shape index (κ2) is 8.51. The lowest BCUT2D eigenvalue weighted by Crippen LogP contribution is -2.39. The van der Waals surface area contributed by atoms with Gasteiger partial charge in [0, 0.05) is 6.04 Å². The molecule has 1 rings (SSSR count). The highest BCUT2D eigenvalue weighted by Crippen LogP contribution is 2.25. The summed E-state index contributed by atoms with van der Waals surface area (Å²) in [5.41, 5.74) is 0. The van der Waals surface area contributed by atoms with Gasteiger partial charge in [0.25, 0.3) is 0 Å². The fourth-order valence-corrected chi connectivity index (χ4v) is 2.41. The first-order chi connectivity index (χ1) is 8.22. The Balaban J connectivity index is 1.97. The second-order valence-corrected chi connectivity index (χ2v) is 5.35. The monoisotopic (exact) mass is 240 g/mol. The molecule has 1 amide bonds. The molecule has 17 heavy (non-hydrogen) atoms. The fraction of sp³-hybridized carbons (Fsp3) is 0.929. The van der Waals surface area contributed by atoms with Crippen molar-refractivity contribution in [2.24, 2.45) is 5.92 Å². The second-order valence-electron chi connectivity index (χ2n) is 5.35. The van der Waals surface area contributed by atoms with Crippen molar-refractivity contribution in [1.82, 2.24) is 10.6 Å². The summed E-state index contributed by atoms with van der Waals surface area (Å²) in [4.78, 5) is 11.5. The van der Waals surface area contributed by atoms with Crippen molar-refractivity contribution in [3.05, 3.63) is 0 Å². The minimum Gasteiger partial charge on any atom is -0.353 e. The molecule has 3 nitrogen and oxygen atoms in total. The third-order valence-electron chi connectivity index (χ3n) is 3.76. The lowest BCUT2D eigenvalue weighted by molar-refractivity contribution is -0.120. The minimum atomic E-state index is 0.128. The zero-order chi connectivity index (χ0) is 12.5. The van der Waals surface area contributed by atoms with Crippen molar-refractivity contribution in [2.45, 2.75) is 64.8 Å². The standard InChI is InChI=1S/C14H28N2O/c1-3-12(2)16-14(17)11-15-10-9-13-7-5-4-6-8-13/h12-13,15H,3-11H2,1-2H3,(H,16,17). The van der Waals surface area contributed by atoms with Crippen molar-refractivity contribution in [3.8, 4) is 0 Å². The number of carbonyl (C=O) groups is 1. The summed E-state index contributed by atoms with van der Waals surface area (Å²) < 4.78 is 0. The van der Waals surface area contributed by atoms with E-state index in [4.69, 9.17) is 0 Å². The molecular weight excluding hydrogens is 212 g/mol. The molecule has 0 aromatic heterocycles. The third-order valence-corrected chi connectivity index (χ3v) is 3.76. The number of amides is 1. The zero-order valence-electron chi connectivity index (χ0n) is 11.4. The summed E-state index contributed by atoms with van der Waals surface area (Å²) in [7, 11) is 0. The molecule has 0 heterocycles. The van der Waals surface area contributed by atoms with E-state index in [1.54, 1.807) is 0 Å². The Kier molecular flexibility index (Phi) is 7.25. The van der Waals surface area contributed by atoms with Crippen molar-refractivity contribution in [2.75, 3.05) is 13.1 Å². The van der Waals surface area contributed by atoms with E-state index in [1.165, 1.54) is 38.5 Å². The van der Waals surface area contributed by atoms with Gasteiger partial charge in [0.05, 0.1) is 6.54 Å². The number of hydrogen-bond donors (Lipinski definition) is 2. The van der Waals surface area contributed by atoms with Crippen LogP contribution in [-0.4, -0.2) is 25.0 Å². The predicted molar refractivity (Wildman–Crippen MR) is 72.0 cm³/mol. The van der Waals surface area contributed by atoms with E-state index < -0.39 is 0 Å². The third kappa shape index (κ3) is 6.67. The van der Waals surface area contributed by atoms with Crippen LogP contribution in [0.3, 0.4) is 0 Å². The van der Waals surface area contributed by atoms with E-state index in [0.29, 0.717) is 12.6 Å². The van der Waals surface area contributed by atoms with E-state index in [1.807, 2.05) is 6.92 Å². The van der Waals surface area contributed by atoms with Gasteiger partial charge in [-0.15, -0.1) is 0 Å². The average Bonchev–Trinajstić information content (AvgIpc) is 2.36. The fourth-order valence-electron chi connectivity index (χ4n) is 2.41. The van der Waals surface area contributed by atoms with Crippen molar-refractivity contribution in [1.29, 1.82) is 0 Å². The van der Waals surface area contributed by atoms with Crippen LogP contribution in [0.15, 0.2) is 0 Å². The lowest BCUT2D eigenvalue weighted by Gasteiger charge is -2.21. The van der Waals surface area contributed by atoms with Crippen LogP contribution in [0, 0.1) is 5.92 Å². The molecule has 0 bridgehead atoms. The lowest BCUT2D eigenvalue weighted by atomic mass is 9.87. The Morgan fingerprint density at radius 2 is 2.00 bits per heavy atom. The average molecular weight is 240 g/mol. The van der Waals surface area contributed by atoms with E-state index in [0.717, 1.165) is 18.9 Å². The zero-order valence-corrected chi connectivity index (χ0v) is 11.4. The molecule has 1 aliphatic rings. The van der Waals surface area contributed by atoms with Crippen LogP contribution in [0.2, 0.25) is 0 Å². The normalized spacial score (nSPS) is 18.9. The molecular formula is C14H28N2O. The van der Waals surface area contributed by atoms with Crippen LogP contribution >= 0.6 is 0 Å². The molecule has 1 unspecified atom stereocenters. The smallest absolute Gasteiger partial charge is 0.234 e. The Morgan fingerprint density at radius 3 is 2.65 bits per heavy atom. The van der Waals surface area contributed by atoms with Gasteiger partial charge in [-0.05, 0) is 32.2 Å². The molecule has 1 atom stereocenters. The molecule has 0 radical (unpaired) electrons. The van der Waals surface area contributed by atoms with E-state index in [2.05, 4.69) is 17.6 Å². The number of nitrogens with one attached hydrogen (secondary N) is 2. The molecule has 2 N–H and O–H groups in total. The van der Waals surface area contributed by atoms with Crippen molar-refractivity contribution >= 4 is 5.91 Å². The maximum absolute atomic E-state index is 11.5. The number of carbonyl (C=O) groups excluding carboxylic acids is 1. The van der Waals surface area contributed by atoms with Crippen LogP contribution in [0.1, 0.15) is 58.8 Å². The summed E-state index contributed by atoms with van der Waals surface area (Å²) >= 11 is 0. The molecule has 1 fully saturated rings. The Morgan fingerprint density at radius 1 is 1.29 bits per heavy atom. The highest BCUT2D eigenvalue weighted by molar-refractivity contribution is 5.78. The van der Waals surface area contributed by atoms with Crippen LogP contribution < -0.4 is 10.6 Å². The van der Waals surface area contributed by atoms with Crippen LogP contribution in [0.25, 0.3) is 0 Å². The first-order valence-electron chi connectivity index (χ1n) is 7.22. The van der Waals surface area contributed by atoms with Crippen LogP contribution in [0.4, 0.5) is 0 Å². The van der Waals surface area contributed by atoms with Crippen molar-refractivity contribution in [3.63, 3.8) is 0 Å². The molecule has 0 aromatic carbocycles. The Labute approximate surface area is 106 Å². The van der Waals surface area contributed by atoms with Gasteiger partial charge in [-0.3, -0.25) is 4.79 Å². The van der Waals surface area contributed by atoms with Crippen LogP contribution in [-0.2, 0) is 4.79 Å². The minimum absolute atomic E-state index is 0.128. The van der Waals surface area contributed by atoms with Gasteiger partial charge < -0.3 is 10.6 Å². The van der Waals surface area contributed by atoms with Gasteiger partial charge in [0.2, 0.25) is 5.91 Å². The molecule has 1 aliphatic carbocycles. The highest BCUT2D eigenvalue weighted by atomic mass is 16.1. The quantitative estimate of drug-likeness (QED) is 0.671. The summed E-state index contributed by atoms with van der Waals surface area (Å²) in [6.45, 7) is 5.58. The van der Waals surface area contributed by atoms with Crippen molar-refractivity contribution < 1.29 is 4.79 Å². The molecule has 100 valence electrons. The molecule has 3 heteroatoms. The summed E-state index contributed by atoms with van der Waals surface area (Å²) in [6, 6.07) is 0.294. The topological polar surface area (TPSA) is 41.1 Å². The first kappa shape index (κ1) is 14.5. The van der Waals surface area contributed by atoms with Gasteiger partial charge in [0.15, 0.2) is 0 Å². The highest BCUT2D eigenvalue weighted by Gasteiger charge is 2.12. The number of rotatable bonds is 7. The molecule has 0 saturated heterocycles. The van der Waals surface area contributed by atoms with Gasteiger partial charge in [-0.25, -0.2) is 0 Å². The summed E-state index contributed by atoms with van der Waals surface area (Å²) in [5.74, 6) is 1.02. The van der Waals surface area contributed by atoms with E-state index >= 15 is 0 Å². The number of hydrogen-bond acceptors (Lipinski definition) is 2. The largest absolute Gasteiger partial charge is 0.353 e. The van der Waals surface area contributed by atoms with Gasteiger partial charge >= 0.3 is 0 Å². The molecule has 0 aliphatic heterocycles. The molecule has 1 saturated carbocycles. The van der Waals surface area contributed by atoms with E-state index in [-0.39, 0.29) is 5.91 Å². The first-order valence-corrected chi connectivity index (χ1v) is 7.22. The molecule has 0 spiro atoms. The van der Waals surface area contributed by atoms with Gasteiger partial charge in [-0.2, -0.15) is 0 Å². The van der Waals surface area contributed by atoms with E-state index in [9.17, 15) is 4.79 Å². The molecule has 0 aromatic rings. The summed E-state index contributed by atoms with van der Waals surface area (Å²) in [5, 5.41) is 6.22. The maximum Gasteiger partial charge on any atom is 0.234 e. The predicted octanol–water partition coefficient (Wildman–Crippen LogP) is 2.46.